The molecule has 10 heteroatoms. The van der Waals surface area contributed by atoms with Gasteiger partial charge in [0, 0.05) is 34.0 Å². The minimum absolute atomic E-state index is 0.0256. The van der Waals surface area contributed by atoms with Gasteiger partial charge in [-0.15, -0.1) is 0 Å². The third-order valence-electron chi connectivity index (χ3n) is 5.69. The molecule has 32 heavy (non-hydrogen) atoms. The molecule has 0 radical (unpaired) electrons. The van der Waals surface area contributed by atoms with E-state index in [1.165, 1.54) is 6.20 Å². The molecule has 1 fully saturated rings. The molecule has 1 N–H and O–H groups in total. The molecule has 4 aromatic heterocycles. The molecule has 1 aliphatic heterocycles. The van der Waals surface area contributed by atoms with Crippen LogP contribution >= 0.6 is 11.8 Å². The van der Waals surface area contributed by atoms with Crippen molar-refractivity contribution in [2.75, 3.05) is 13.1 Å². The van der Waals surface area contributed by atoms with Crippen LogP contribution in [-0.2, 0) is 0 Å². The fourth-order valence-electron chi connectivity index (χ4n) is 4.10. The standard InChI is InChI=1S/C22H19F2N7S/c1-13-18(11-29-31(13)17-2-4-26-5-3-17)14-6-20(21-15(8-25)9-28-30(21)12-14)32-22-19(24)7-16(23)10-27-22/h6-7,9-12,17,26H,2-5H2,1H3. The fraction of sp³-hybridized carbons (Fsp3) is 0.273. The lowest BCUT2D eigenvalue weighted by Crippen LogP contribution is -2.30. The van der Waals surface area contributed by atoms with Crippen molar-refractivity contribution in [2.45, 2.75) is 35.7 Å². The minimum Gasteiger partial charge on any atom is -0.317 e. The highest BCUT2D eigenvalue weighted by Gasteiger charge is 2.21. The van der Waals surface area contributed by atoms with E-state index in [0.29, 0.717) is 22.0 Å². The van der Waals surface area contributed by atoms with Crippen molar-refractivity contribution in [1.29, 1.82) is 5.26 Å². The summed E-state index contributed by atoms with van der Waals surface area (Å²) in [7, 11) is 0. The van der Waals surface area contributed by atoms with Gasteiger partial charge < -0.3 is 5.32 Å². The van der Waals surface area contributed by atoms with Crippen LogP contribution in [0, 0.1) is 29.9 Å². The number of piperidine rings is 1. The summed E-state index contributed by atoms with van der Waals surface area (Å²) in [5.41, 5.74) is 3.73. The average Bonchev–Trinajstić information content (AvgIpc) is 3.39. The number of pyridine rings is 2. The molecule has 7 nitrogen and oxygen atoms in total. The molecule has 1 aliphatic rings. The Hall–Kier alpha value is -3.29. The van der Waals surface area contributed by atoms with Gasteiger partial charge in [0.1, 0.15) is 16.9 Å². The zero-order chi connectivity index (χ0) is 22.2. The van der Waals surface area contributed by atoms with E-state index in [1.807, 2.05) is 25.4 Å². The van der Waals surface area contributed by atoms with Gasteiger partial charge >= 0.3 is 0 Å². The molecule has 1 saturated heterocycles. The highest BCUT2D eigenvalue weighted by Crippen LogP contribution is 2.37. The number of halogens is 2. The molecule has 0 unspecified atom stereocenters. The summed E-state index contributed by atoms with van der Waals surface area (Å²) < 4.78 is 31.3. The van der Waals surface area contributed by atoms with E-state index in [1.54, 1.807) is 4.52 Å². The molecular formula is C22H19F2N7S. The van der Waals surface area contributed by atoms with E-state index in [0.717, 1.165) is 66.8 Å². The van der Waals surface area contributed by atoms with Gasteiger partial charge in [-0.3, -0.25) is 4.68 Å². The second kappa shape index (κ2) is 8.33. The second-order valence-electron chi connectivity index (χ2n) is 7.67. The molecule has 162 valence electrons. The molecule has 0 amide bonds. The topological polar surface area (TPSA) is 83.8 Å². The molecule has 0 spiro atoms. The third-order valence-corrected chi connectivity index (χ3v) is 6.71. The Morgan fingerprint density at radius 2 is 1.97 bits per heavy atom. The second-order valence-corrected chi connectivity index (χ2v) is 8.70. The van der Waals surface area contributed by atoms with Crippen LogP contribution in [0.25, 0.3) is 16.6 Å². The maximum absolute atomic E-state index is 14.3. The Morgan fingerprint density at radius 1 is 1.16 bits per heavy atom. The first-order valence-electron chi connectivity index (χ1n) is 10.2. The third kappa shape index (κ3) is 3.63. The summed E-state index contributed by atoms with van der Waals surface area (Å²) in [6.07, 6.45) is 8.15. The van der Waals surface area contributed by atoms with Crippen LogP contribution in [0.3, 0.4) is 0 Å². The van der Waals surface area contributed by atoms with Gasteiger partial charge in [-0.2, -0.15) is 15.5 Å². The molecular weight excluding hydrogens is 432 g/mol. The van der Waals surface area contributed by atoms with Gasteiger partial charge in [-0.25, -0.2) is 18.3 Å². The van der Waals surface area contributed by atoms with Crippen molar-refractivity contribution >= 4 is 17.3 Å². The number of hydrogen-bond donors (Lipinski definition) is 1. The lowest BCUT2D eigenvalue weighted by atomic mass is 10.1. The molecule has 5 heterocycles. The fourth-order valence-corrected chi connectivity index (χ4v) is 5.05. The van der Waals surface area contributed by atoms with Gasteiger partial charge in [0.2, 0.25) is 0 Å². The largest absolute Gasteiger partial charge is 0.317 e. The number of nitriles is 1. The number of nitrogens with zero attached hydrogens (tertiary/aromatic N) is 6. The van der Waals surface area contributed by atoms with E-state index < -0.39 is 11.6 Å². The molecule has 0 aromatic carbocycles. The van der Waals surface area contributed by atoms with Gasteiger partial charge in [-0.1, -0.05) is 11.8 Å². The summed E-state index contributed by atoms with van der Waals surface area (Å²) in [5.74, 6) is -1.50. The normalized spacial score (nSPS) is 14.7. The van der Waals surface area contributed by atoms with Gasteiger partial charge in [-0.05, 0) is 38.9 Å². The Kier molecular flexibility index (Phi) is 5.36. The first kappa shape index (κ1) is 20.6. The predicted octanol–water partition coefficient (Wildman–Crippen LogP) is 4.13. The van der Waals surface area contributed by atoms with Crippen molar-refractivity contribution in [3.8, 4) is 17.2 Å². The van der Waals surface area contributed by atoms with Gasteiger partial charge in [0.15, 0.2) is 5.82 Å². The molecule has 0 bridgehead atoms. The van der Waals surface area contributed by atoms with Crippen LogP contribution in [0.5, 0.6) is 0 Å². The molecule has 0 aliphatic carbocycles. The highest BCUT2D eigenvalue weighted by molar-refractivity contribution is 7.99. The Bertz CT molecular complexity index is 1350. The van der Waals surface area contributed by atoms with Crippen LogP contribution < -0.4 is 5.32 Å². The Balaban J connectivity index is 1.61. The summed E-state index contributed by atoms with van der Waals surface area (Å²) in [4.78, 5) is 4.48. The Morgan fingerprint density at radius 3 is 2.72 bits per heavy atom. The number of rotatable bonds is 4. The van der Waals surface area contributed by atoms with Crippen LogP contribution in [0.15, 0.2) is 46.8 Å². The van der Waals surface area contributed by atoms with Crippen molar-refractivity contribution in [1.82, 2.24) is 29.7 Å². The summed E-state index contributed by atoms with van der Waals surface area (Å²) >= 11 is 1.04. The van der Waals surface area contributed by atoms with Crippen LogP contribution in [0.1, 0.15) is 30.1 Å². The summed E-state index contributed by atoms with van der Waals surface area (Å²) in [5, 5.41) is 21.9. The van der Waals surface area contributed by atoms with Gasteiger partial charge in [0.05, 0.1) is 35.7 Å². The number of hydrogen-bond acceptors (Lipinski definition) is 6. The van der Waals surface area contributed by atoms with Crippen molar-refractivity contribution in [3.05, 3.63) is 59.8 Å². The minimum atomic E-state index is -0.758. The zero-order valence-electron chi connectivity index (χ0n) is 17.2. The van der Waals surface area contributed by atoms with Crippen LogP contribution in [0.4, 0.5) is 8.78 Å². The Labute approximate surface area is 187 Å². The smallest absolute Gasteiger partial charge is 0.158 e. The van der Waals surface area contributed by atoms with E-state index >= 15 is 0 Å². The molecule has 5 rings (SSSR count). The summed E-state index contributed by atoms with van der Waals surface area (Å²) in [6.45, 7) is 3.96. The van der Waals surface area contributed by atoms with E-state index in [9.17, 15) is 14.0 Å². The lowest BCUT2D eigenvalue weighted by Gasteiger charge is -2.24. The maximum Gasteiger partial charge on any atom is 0.158 e. The number of aromatic nitrogens is 5. The van der Waals surface area contributed by atoms with Gasteiger partial charge in [0.25, 0.3) is 0 Å². The van der Waals surface area contributed by atoms with E-state index in [4.69, 9.17) is 0 Å². The zero-order valence-corrected chi connectivity index (χ0v) is 18.0. The van der Waals surface area contributed by atoms with E-state index in [2.05, 4.69) is 31.2 Å². The monoisotopic (exact) mass is 451 g/mol. The lowest BCUT2D eigenvalue weighted by molar-refractivity contribution is 0.338. The summed E-state index contributed by atoms with van der Waals surface area (Å²) in [6, 6.07) is 5.14. The first-order valence-corrected chi connectivity index (χ1v) is 11.0. The SMILES string of the molecule is Cc1c(-c2cc(Sc3ncc(F)cc3F)c3c(C#N)cnn3c2)cnn1C1CCNCC1. The van der Waals surface area contributed by atoms with Crippen LogP contribution in [0.2, 0.25) is 0 Å². The predicted molar refractivity (Wildman–Crippen MR) is 115 cm³/mol. The molecule has 4 aromatic rings. The van der Waals surface area contributed by atoms with Crippen LogP contribution in [-0.4, -0.2) is 37.5 Å². The molecule has 0 atom stereocenters. The first-order chi connectivity index (χ1) is 15.5. The van der Waals surface area contributed by atoms with Crippen molar-refractivity contribution < 1.29 is 8.78 Å². The van der Waals surface area contributed by atoms with Crippen molar-refractivity contribution in [2.24, 2.45) is 0 Å². The maximum atomic E-state index is 14.3. The number of fused-ring (bicyclic) bond motifs is 1. The van der Waals surface area contributed by atoms with E-state index in [-0.39, 0.29) is 5.03 Å². The van der Waals surface area contributed by atoms with Crippen molar-refractivity contribution in [3.63, 3.8) is 0 Å². The molecule has 0 saturated carbocycles. The average molecular weight is 452 g/mol. The number of nitrogens with one attached hydrogen (secondary N) is 1. The quantitative estimate of drug-likeness (QED) is 0.502. The highest BCUT2D eigenvalue weighted by atomic mass is 32.2.